The maximum atomic E-state index is 11.3. The number of hydrogen-bond acceptors (Lipinski definition) is 2. The largest absolute Gasteiger partial charge is 0.458 e. The molecule has 0 N–H and O–H groups in total. The summed E-state index contributed by atoms with van der Waals surface area (Å²) in [6.45, 7) is 10.4. The molecule has 0 saturated carbocycles. The highest BCUT2D eigenvalue weighted by molar-refractivity contribution is 5.69. The lowest BCUT2D eigenvalue weighted by atomic mass is 10.0. The molecule has 0 aliphatic carbocycles. The first-order valence-electron chi connectivity index (χ1n) is 7.45. The number of hydrogen-bond donors (Lipinski definition) is 0. The van der Waals surface area contributed by atoms with Crippen molar-refractivity contribution in [3.05, 3.63) is 23.8 Å². The summed E-state index contributed by atoms with van der Waals surface area (Å²) in [5.74, 6) is 0.571. The minimum Gasteiger partial charge on any atom is -0.458 e. The Hall–Kier alpha value is -1.05. The first kappa shape index (κ1) is 17.9. The van der Waals surface area contributed by atoms with Crippen molar-refractivity contribution in [1.82, 2.24) is 0 Å². The van der Waals surface area contributed by atoms with Gasteiger partial charge in [0.1, 0.15) is 6.10 Å². The van der Waals surface area contributed by atoms with E-state index in [1.807, 2.05) is 19.9 Å². The third kappa shape index (κ3) is 11.8. The predicted molar refractivity (Wildman–Crippen MR) is 82.0 cm³/mol. The molecule has 0 amide bonds. The van der Waals surface area contributed by atoms with Crippen molar-refractivity contribution >= 4 is 5.97 Å². The fourth-order valence-corrected chi connectivity index (χ4v) is 1.79. The quantitative estimate of drug-likeness (QED) is 0.431. The van der Waals surface area contributed by atoms with E-state index in [4.69, 9.17) is 4.74 Å². The van der Waals surface area contributed by atoms with Gasteiger partial charge in [0.05, 0.1) is 0 Å². The van der Waals surface area contributed by atoms with E-state index in [0.29, 0.717) is 12.3 Å². The van der Waals surface area contributed by atoms with Crippen molar-refractivity contribution in [2.75, 3.05) is 0 Å². The zero-order chi connectivity index (χ0) is 14.7. The smallest absolute Gasteiger partial charge is 0.306 e. The van der Waals surface area contributed by atoms with E-state index in [0.717, 1.165) is 19.3 Å². The number of rotatable bonds is 9. The monoisotopic (exact) mass is 266 g/mol. The first-order chi connectivity index (χ1) is 8.95. The molecule has 0 aliphatic heterocycles. The SMILES string of the molecule is CCCC(=O)OC(C)/C=C/C[C@H](C)CCC=C(C)C. The molecule has 0 aliphatic rings. The third-order valence-corrected chi connectivity index (χ3v) is 2.93. The molecule has 0 aromatic heterocycles. The van der Waals surface area contributed by atoms with E-state index in [9.17, 15) is 4.79 Å². The molecule has 19 heavy (non-hydrogen) atoms. The lowest BCUT2D eigenvalue weighted by Gasteiger charge is -2.10. The van der Waals surface area contributed by atoms with Gasteiger partial charge < -0.3 is 4.74 Å². The van der Waals surface area contributed by atoms with Crippen molar-refractivity contribution < 1.29 is 9.53 Å². The second-order valence-electron chi connectivity index (χ2n) is 5.57. The third-order valence-electron chi connectivity index (χ3n) is 2.93. The van der Waals surface area contributed by atoms with Crippen LogP contribution in [0.2, 0.25) is 0 Å². The second kappa shape index (κ2) is 10.8. The molecular weight excluding hydrogens is 236 g/mol. The van der Waals surface area contributed by atoms with Crippen molar-refractivity contribution in [2.45, 2.75) is 72.8 Å². The zero-order valence-electron chi connectivity index (χ0n) is 13.2. The van der Waals surface area contributed by atoms with Crippen LogP contribution in [0.4, 0.5) is 0 Å². The summed E-state index contributed by atoms with van der Waals surface area (Å²) in [6.07, 6.45) is 11.1. The van der Waals surface area contributed by atoms with Gasteiger partial charge in [0.25, 0.3) is 0 Å². The lowest BCUT2D eigenvalue weighted by molar-refractivity contribution is -0.146. The summed E-state index contributed by atoms with van der Waals surface area (Å²) in [5.41, 5.74) is 1.39. The maximum absolute atomic E-state index is 11.3. The molecule has 2 nitrogen and oxygen atoms in total. The normalized spacial score (nSPS) is 14.2. The van der Waals surface area contributed by atoms with E-state index in [2.05, 4.69) is 32.9 Å². The Balaban J connectivity index is 3.81. The van der Waals surface area contributed by atoms with Gasteiger partial charge in [-0.15, -0.1) is 0 Å². The number of carbonyl (C=O) groups excluding carboxylic acids is 1. The van der Waals surface area contributed by atoms with E-state index >= 15 is 0 Å². The van der Waals surface area contributed by atoms with Crippen molar-refractivity contribution in [3.63, 3.8) is 0 Å². The van der Waals surface area contributed by atoms with Gasteiger partial charge in [-0.2, -0.15) is 0 Å². The molecule has 0 radical (unpaired) electrons. The average molecular weight is 266 g/mol. The molecule has 110 valence electrons. The van der Waals surface area contributed by atoms with Crippen LogP contribution >= 0.6 is 0 Å². The molecule has 0 rings (SSSR count). The van der Waals surface area contributed by atoms with Crippen molar-refractivity contribution in [2.24, 2.45) is 5.92 Å². The van der Waals surface area contributed by atoms with E-state index in [1.54, 1.807) is 0 Å². The zero-order valence-corrected chi connectivity index (χ0v) is 13.2. The molecule has 0 saturated heterocycles. The Morgan fingerprint density at radius 3 is 2.53 bits per heavy atom. The van der Waals surface area contributed by atoms with Gasteiger partial charge in [0, 0.05) is 6.42 Å². The molecule has 2 atom stereocenters. The number of carbonyl (C=O) groups is 1. The molecule has 0 spiro atoms. The molecule has 0 aromatic carbocycles. The lowest BCUT2D eigenvalue weighted by Crippen LogP contribution is -2.12. The van der Waals surface area contributed by atoms with Crippen LogP contribution in [0, 0.1) is 5.92 Å². The summed E-state index contributed by atoms with van der Waals surface area (Å²) in [4.78, 5) is 11.3. The highest BCUT2D eigenvalue weighted by Gasteiger charge is 2.05. The van der Waals surface area contributed by atoms with Crippen molar-refractivity contribution in [1.29, 1.82) is 0 Å². The molecular formula is C17H30O2. The van der Waals surface area contributed by atoms with Crippen LogP contribution in [0.1, 0.15) is 66.7 Å². The topological polar surface area (TPSA) is 26.3 Å². The summed E-state index contributed by atoms with van der Waals surface area (Å²) in [6, 6.07) is 0. The van der Waals surface area contributed by atoms with Crippen LogP contribution in [0.5, 0.6) is 0 Å². The molecule has 0 bridgehead atoms. The van der Waals surface area contributed by atoms with E-state index < -0.39 is 0 Å². The molecule has 2 heteroatoms. The highest BCUT2D eigenvalue weighted by Crippen LogP contribution is 2.13. The van der Waals surface area contributed by atoms with Crippen LogP contribution in [-0.2, 0) is 9.53 Å². The number of allylic oxidation sites excluding steroid dienone is 3. The maximum Gasteiger partial charge on any atom is 0.306 e. The fourth-order valence-electron chi connectivity index (χ4n) is 1.79. The fraction of sp³-hybridized carbons (Fsp3) is 0.706. The van der Waals surface area contributed by atoms with Crippen LogP contribution in [0.25, 0.3) is 0 Å². The summed E-state index contributed by atoms with van der Waals surface area (Å²) >= 11 is 0. The minimum atomic E-state index is -0.107. The number of ether oxygens (including phenoxy) is 1. The molecule has 0 heterocycles. The Morgan fingerprint density at radius 2 is 1.95 bits per heavy atom. The van der Waals surface area contributed by atoms with Gasteiger partial charge in [0.2, 0.25) is 0 Å². The summed E-state index contributed by atoms with van der Waals surface area (Å²) in [5, 5.41) is 0. The predicted octanol–water partition coefficient (Wildman–Crippen LogP) is 5.05. The average Bonchev–Trinajstić information content (AvgIpc) is 2.28. The van der Waals surface area contributed by atoms with E-state index in [1.165, 1.54) is 12.0 Å². The van der Waals surface area contributed by atoms with Crippen molar-refractivity contribution in [3.8, 4) is 0 Å². The molecule has 1 unspecified atom stereocenters. The first-order valence-corrected chi connectivity index (χ1v) is 7.45. The number of esters is 1. The Labute approximate surface area is 118 Å². The van der Waals surface area contributed by atoms with Crippen LogP contribution < -0.4 is 0 Å². The van der Waals surface area contributed by atoms with Gasteiger partial charge in [-0.25, -0.2) is 0 Å². The highest BCUT2D eigenvalue weighted by atomic mass is 16.5. The Bertz CT molecular complexity index is 298. The van der Waals surface area contributed by atoms with Gasteiger partial charge >= 0.3 is 5.97 Å². The van der Waals surface area contributed by atoms with Gasteiger partial charge in [-0.05, 0) is 58.4 Å². The summed E-state index contributed by atoms with van der Waals surface area (Å²) in [7, 11) is 0. The van der Waals surface area contributed by atoms with Gasteiger partial charge in [0.15, 0.2) is 0 Å². The van der Waals surface area contributed by atoms with Crippen LogP contribution in [0.15, 0.2) is 23.8 Å². The Morgan fingerprint density at radius 1 is 1.26 bits per heavy atom. The standard InChI is InChI=1S/C17H30O2/c1-6-9-17(18)19-16(5)13-8-12-15(4)11-7-10-14(2)3/h8,10,13,15-16H,6-7,9,11-12H2,1-5H3/b13-8+/t15-,16?/m1/s1. The van der Waals surface area contributed by atoms with Crippen LogP contribution in [0.3, 0.4) is 0 Å². The second-order valence-corrected chi connectivity index (χ2v) is 5.57. The van der Waals surface area contributed by atoms with Gasteiger partial charge in [-0.1, -0.05) is 31.6 Å². The summed E-state index contributed by atoms with van der Waals surface area (Å²) < 4.78 is 5.25. The Kier molecular flexibility index (Phi) is 10.2. The molecule has 0 fully saturated rings. The van der Waals surface area contributed by atoms with Gasteiger partial charge in [-0.3, -0.25) is 4.79 Å². The van der Waals surface area contributed by atoms with Crippen LogP contribution in [-0.4, -0.2) is 12.1 Å². The molecule has 0 aromatic rings. The van der Waals surface area contributed by atoms with E-state index in [-0.39, 0.29) is 12.1 Å². The minimum absolute atomic E-state index is 0.101.